The molecule has 1 heterocycles. The molecule has 1 amide bonds. The average molecular weight is 354 g/mol. The number of ether oxygens (including phenoxy) is 1. The molecule has 3 rings (SSSR count). The van der Waals surface area contributed by atoms with Gasteiger partial charge >= 0.3 is 5.97 Å². The average Bonchev–Trinajstić information content (AvgIpc) is 2.62. The molecule has 1 aromatic carbocycles. The van der Waals surface area contributed by atoms with Crippen LogP contribution in [0.5, 0.6) is 5.88 Å². The lowest BCUT2D eigenvalue weighted by molar-refractivity contribution is -0.141. The highest BCUT2D eigenvalue weighted by molar-refractivity contribution is 5.96. The van der Waals surface area contributed by atoms with E-state index in [2.05, 4.69) is 4.98 Å². The number of carbonyl (C=O) groups excluding carboxylic acids is 1. The van der Waals surface area contributed by atoms with Crippen LogP contribution in [0.15, 0.2) is 48.7 Å². The van der Waals surface area contributed by atoms with E-state index in [1.807, 2.05) is 30.3 Å². The topological polar surface area (TPSA) is 79.7 Å². The summed E-state index contributed by atoms with van der Waals surface area (Å²) in [5.74, 6) is -0.998. The molecule has 6 nitrogen and oxygen atoms in total. The normalized spacial score (nSPS) is 15.0. The summed E-state index contributed by atoms with van der Waals surface area (Å²) in [5.41, 5.74) is 1.24. The molecular weight excluding hydrogens is 332 g/mol. The van der Waals surface area contributed by atoms with Crippen LogP contribution in [0.25, 0.3) is 0 Å². The Hall–Kier alpha value is -2.89. The molecule has 1 atom stereocenters. The molecule has 26 heavy (non-hydrogen) atoms. The second kappa shape index (κ2) is 7.99. The van der Waals surface area contributed by atoms with Gasteiger partial charge in [0.25, 0.3) is 5.91 Å². The van der Waals surface area contributed by atoms with Gasteiger partial charge in [0.05, 0.1) is 0 Å². The molecule has 0 aliphatic heterocycles. The third kappa shape index (κ3) is 4.20. The van der Waals surface area contributed by atoms with Crippen molar-refractivity contribution in [1.82, 2.24) is 9.88 Å². The highest BCUT2D eigenvalue weighted by Crippen LogP contribution is 2.24. The van der Waals surface area contributed by atoms with Crippen LogP contribution < -0.4 is 4.74 Å². The van der Waals surface area contributed by atoms with E-state index < -0.39 is 12.0 Å². The molecule has 1 aliphatic rings. The standard InChI is InChI=1S/C20H22N2O4/c1-14(20(24)25)22(13-15-6-3-2-4-7-15)19(23)16-10-11-21-18(12-16)26-17-8-5-9-17/h2-4,6-7,10-12,14,17H,5,8-9,13H2,1H3,(H,24,25). The quantitative estimate of drug-likeness (QED) is 0.826. The van der Waals surface area contributed by atoms with Gasteiger partial charge in [-0.25, -0.2) is 9.78 Å². The van der Waals surface area contributed by atoms with E-state index in [-0.39, 0.29) is 18.6 Å². The van der Waals surface area contributed by atoms with E-state index >= 15 is 0 Å². The predicted octanol–water partition coefficient (Wildman–Crippen LogP) is 3.13. The number of aliphatic carboxylic acids is 1. The minimum atomic E-state index is -1.05. The summed E-state index contributed by atoms with van der Waals surface area (Å²) >= 11 is 0. The van der Waals surface area contributed by atoms with Gasteiger partial charge in [0.1, 0.15) is 12.1 Å². The third-order valence-electron chi connectivity index (χ3n) is 4.60. The van der Waals surface area contributed by atoms with E-state index in [9.17, 15) is 14.7 Å². The third-order valence-corrected chi connectivity index (χ3v) is 4.60. The van der Waals surface area contributed by atoms with Gasteiger partial charge in [0, 0.05) is 24.4 Å². The molecule has 0 spiro atoms. The lowest BCUT2D eigenvalue weighted by atomic mass is 9.96. The number of carboxylic acid groups (broad SMARTS) is 1. The molecule has 1 aliphatic carbocycles. The number of benzene rings is 1. The smallest absolute Gasteiger partial charge is 0.326 e. The molecule has 1 N–H and O–H groups in total. The molecule has 2 aromatic rings. The molecule has 1 unspecified atom stereocenters. The van der Waals surface area contributed by atoms with Crippen molar-refractivity contribution in [2.75, 3.05) is 0 Å². The Morgan fingerprint density at radius 1 is 1.27 bits per heavy atom. The summed E-state index contributed by atoms with van der Waals surface area (Å²) in [6.45, 7) is 1.73. The van der Waals surface area contributed by atoms with Crippen molar-refractivity contribution in [3.63, 3.8) is 0 Å². The fourth-order valence-electron chi connectivity index (χ4n) is 2.73. The monoisotopic (exact) mass is 354 g/mol. The number of amides is 1. The van der Waals surface area contributed by atoms with Gasteiger partial charge in [-0.3, -0.25) is 4.79 Å². The van der Waals surface area contributed by atoms with Gasteiger partial charge in [-0.15, -0.1) is 0 Å². The van der Waals surface area contributed by atoms with Gasteiger partial charge in [0.2, 0.25) is 5.88 Å². The minimum absolute atomic E-state index is 0.159. The maximum absolute atomic E-state index is 13.0. The van der Waals surface area contributed by atoms with Crippen molar-refractivity contribution in [2.24, 2.45) is 0 Å². The van der Waals surface area contributed by atoms with Crippen LogP contribution in [0, 0.1) is 0 Å². The zero-order valence-electron chi connectivity index (χ0n) is 14.7. The van der Waals surface area contributed by atoms with Crippen LogP contribution in [0.4, 0.5) is 0 Å². The number of rotatable bonds is 7. The first kappa shape index (κ1) is 17.9. The highest BCUT2D eigenvalue weighted by atomic mass is 16.5. The zero-order chi connectivity index (χ0) is 18.5. The number of pyridine rings is 1. The Balaban J connectivity index is 1.82. The second-order valence-electron chi connectivity index (χ2n) is 6.49. The van der Waals surface area contributed by atoms with Crippen LogP contribution in [-0.4, -0.2) is 39.0 Å². The molecule has 0 bridgehead atoms. The Bertz CT molecular complexity index is 774. The fraction of sp³-hybridized carbons (Fsp3) is 0.350. The van der Waals surface area contributed by atoms with Gasteiger partial charge in [0.15, 0.2) is 0 Å². The van der Waals surface area contributed by atoms with Crippen LogP contribution >= 0.6 is 0 Å². The zero-order valence-corrected chi connectivity index (χ0v) is 14.7. The van der Waals surface area contributed by atoms with Crippen molar-refractivity contribution < 1.29 is 19.4 Å². The summed E-state index contributed by atoms with van der Waals surface area (Å²) in [5, 5.41) is 9.41. The van der Waals surface area contributed by atoms with E-state index in [0.29, 0.717) is 11.4 Å². The molecule has 0 saturated heterocycles. The number of carbonyl (C=O) groups is 2. The Morgan fingerprint density at radius 2 is 2.00 bits per heavy atom. The number of hydrogen-bond acceptors (Lipinski definition) is 4. The predicted molar refractivity (Wildman–Crippen MR) is 95.9 cm³/mol. The number of hydrogen-bond donors (Lipinski definition) is 1. The number of aromatic nitrogens is 1. The molecule has 136 valence electrons. The van der Waals surface area contributed by atoms with Gasteiger partial charge in [-0.2, -0.15) is 0 Å². The number of nitrogens with zero attached hydrogens (tertiary/aromatic N) is 2. The first-order valence-corrected chi connectivity index (χ1v) is 8.75. The lowest BCUT2D eigenvalue weighted by Gasteiger charge is -2.28. The maximum atomic E-state index is 13.0. The molecule has 0 radical (unpaired) electrons. The fourth-order valence-corrected chi connectivity index (χ4v) is 2.73. The molecule has 1 saturated carbocycles. The van der Waals surface area contributed by atoms with E-state index in [4.69, 9.17) is 4.74 Å². The molecule has 1 fully saturated rings. The van der Waals surface area contributed by atoms with Gasteiger partial charge in [-0.05, 0) is 37.8 Å². The van der Waals surface area contributed by atoms with Gasteiger partial charge < -0.3 is 14.7 Å². The van der Waals surface area contributed by atoms with E-state index in [1.165, 1.54) is 18.0 Å². The van der Waals surface area contributed by atoms with Crippen molar-refractivity contribution in [2.45, 2.75) is 44.9 Å². The van der Waals surface area contributed by atoms with Crippen LogP contribution in [0.3, 0.4) is 0 Å². The molecular formula is C20H22N2O4. The summed E-state index contributed by atoms with van der Waals surface area (Å²) in [6, 6.07) is 11.6. The lowest BCUT2D eigenvalue weighted by Crippen LogP contribution is -2.42. The summed E-state index contributed by atoms with van der Waals surface area (Å²) < 4.78 is 5.75. The number of carboxylic acids is 1. The molecule has 1 aromatic heterocycles. The summed E-state index contributed by atoms with van der Waals surface area (Å²) in [6.07, 6.45) is 4.81. The van der Waals surface area contributed by atoms with Gasteiger partial charge in [-0.1, -0.05) is 30.3 Å². The Labute approximate surface area is 152 Å². The van der Waals surface area contributed by atoms with Crippen molar-refractivity contribution in [3.8, 4) is 5.88 Å². The summed E-state index contributed by atoms with van der Waals surface area (Å²) in [7, 11) is 0. The molecule has 6 heteroatoms. The SMILES string of the molecule is CC(C(=O)O)N(Cc1ccccc1)C(=O)c1ccnc(OC2CCC2)c1. The first-order chi connectivity index (χ1) is 12.5. The summed E-state index contributed by atoms with van der Waals surface area (Å²) in [4.78, 5) is 30.0. The van der Waals surface area contributed by atoms with Crippen LogP contribution in [-0.2, 0) is 11.3 Å². The van der Waals surface area contributed by atoms with Crippen LogP contribution in [0.1, 0.15) is 42.1 Å². The Morgan fingerprint density at radius 3 is 2.62 bits per heavy atom. The maximum Gasteiger partial charge on any atom is 0.326 e. The Kier molecular flexibility index (Phi) is 5.51. The van der Waals surface area contributed by atoms with Crippen LogP contribution in [0.2, 0.25) is 0 Å². The van der Waals surface area contributed by atoms with E-state index in [0.717, 1.165) is 24.8 Å². The second-order valence-corrected chi connectivity index (χ2v) is 6.49. The van der Waals surface area contributed by atoms with Crippen molar-refractivity contribution >= 4 is 11.9 Å². The van der Waals surface area contributed by atoms with E-state index in [1.54, 1.807) is 12.1 Å². The minimum Gasteiger partial charge on any atom is -0.480 e. The highest BCUT2D eigenvalue weighted by Gasteiger charge is 2.27. The first-order valence-electron chi connectivity index (χ1n) is 8.75. The largest absolute Gasteiger partial charge is 0.480 e. The van der Waals surface area contributed by atoms with Crippen molar-refractivity contribution in [3.05, 3.63) is 59.8 Å². The van der Waals surface area contributed by atoms with Crippen molar-refractivity contribution in [1.29, 1.82) is 0 Å².